The molecule has 1 atom stereocenters. The number of hydrogen-bond acceptors (Lipinski definition) is 1. The van der Waals surface area contributed by atoms with Crippen molar-refractivity contribution in [2.45, 2.75) is 25.2 Å². The highest BCUT2D eigenvalue weighted by molar-refractivity contribution is 5.73. The van der Waals surface area contributed by atoms with E-state index in [2.05, 4.69) is 0 Å². The lowest BCUT2D eigenvalue weighted by molar-refractivity contribution is -0.137. The third-order valence-electron chi connectivity index (χ3n) is 2.24. The zero-order valence-corrected chi connectivity index (χ0v) is 8.80. The Bertz CT molecular complexity index is 385. The second kappa shape index (κ2) is 5.16. The highest BCUT2D eigenvalue weighted by atomic mass is 19.4. The molecule has 2 nitrogen and oxygen atoms in total. The second-order valence-corrected chi connectivity index (χ2v) is 3.59. The summed E-state index contributed by atoms with van der Waals surface area (Å²) in [6, 6.07) is 3.75. The Labute approximate surface area is 95.4 Å². The third-order valence-corrected chi connectivity index (χ3v) is 2.24. The van der Waals surface area contributed by atoms with Crippen LogP contribution in [0.4, 0.5) is 17.6 Å². The molecule has 0 saturated carbocycles. The van der Waals surface area contributed by atoms with Gasteiger partial charge in [-0.15, -0.1) is 0 Å². The van der Waals surface area contributed by atoms with Crippen LogP contribution in [0.3, 0.4) is 0 Å². The van der Waals surface area contributed by atoms with Gasteiger partial charge in [0.25, 0.3) is 0 Å². The minimum Gasteiger partial charge on any atom is -0.370 e. The number of nitrogens with two attached hydrogens (primary N) is 1. The highest BCUT2D eigenvalue weighted by Gasteiger charge is 2.30. The molecule has 0 saturated heterocycles. The molecule has 0 aliphatic carbocycles. The van der Waals surface area contributed by atoms with Crippen LogP contribution in [0.25, 0.3) is 0 Å². The first-order valence-corrected chi connectivity index (χ1v) is 4.90. The van der Waals surface area contributed by atoms with Crippen molar-refractivity contribution >= 4 is 5.91 Å². The Kier molecular flexibility index (Phi) is 4.09. The molecule has 0 fully saturated rings. The van der Waals surface area contributed by atoms with Crippen LogP contribution in [0.15, 0.2) is 24.3 Å². The fraction of sp³-hybridized carbons (Fsp3) is 0.364. The number of carbonyl (C=O) groups is 1. The van der Waals surface area contributed by atoms with E-state index in [9.17, 15) is 22.4 Å². The van der Waals surface area contributed by atoms with Crippen molar-refractivity contribution < 1.29 is 22.4 Å². The van der Waals surface area contributed by atoms with Crippen LogP contribution < -0.4 is 5.73 Å². The number of halogens is 4. The number of amides is 1. The Balaban J connectivity index is 2.70. The van der Waals surface area contributed by atoms with E-state index in [0.717, 1.165) is 24.3 Å². The van der Waals surface area contributed by atoms with Crippen molar-refractivity contribution in [3.05, 3.63) is 35.4 Å². The van der Waals surface area contributed by atoms with Gasteiger partial charge in [-0.1, -0.05) is 12.1 Å². The predicted octanol–water partition coefficient (Wildman–Crippen LogP) is 2.98. The van der Waals surface area contributed by atoms with Crippen LogP contribution in [-0.4, -0.2) is 5.91 Å². The minimum absolute atomic E-state index is 0.110. The molecule has 94 valence electrons. The van der Waals surface area contributed by atoms with Gasteiger partial charge >= 0.3 is 6.18 Å². The summed E-state index contributed by atoms with van der Waals surface area (Å²) in [6.07, 6.45) is -6.18. The average Bonchev–Trinajstić information content (AvgIpc) is 2.25. The fourth-order valence-electron chi connectivity index (χ4n) is 1.32. The van der Waals surface area contributed by atoms with E-state index in [1.807, 2.05) is 0 Å². The number of benzene rings is 1. The van der Waals surface area contributed by atoms with E-state index in [-0.39, 0.29) is 18.4 Å². The van der Waals surface area contributed by atoms with Crippen LogP contribution in [0.2, 0.25) is 0 Å². The molecular weight excluding hydrogens is 238 g/mol. The van der Waals surface area contributed by atoms with Crippen LogP contribution >= 0.6 is 0 Å². The highest BCUT2D eigenvalue weighted by Crippen LogP contribution is 2.31. The molecule has 1 unspecified atom stereocenters. The number of alkyl halides is 4. The van der Waals surface area contributed by atoms with Gasteiger partial charge in [-0.05, 0) is 24.1 Å². The molecular formula is C11H11F4NO. The van der Waals surface area contributed by atoms with Gasteiger partial charge in [0.2, 0.25) is 5.91 Å². The van der Waals surface area contributed by atoms with E-state index < -0.39 is 23.8 Å². The number of hydrogen-bond donors (Lipinski definition) is 1. The summed E-state index contributed by atoms with van der Waals surface area (Å²) in [4.78, 5) is 10.4. The van der Waals surface area contributed by atoms with Gasteiger partial charge in [0.15, 0.2) is 0 Å². The summed E-state index contributed by atoms with van der Waals surface area (Å²) in [5.74, 6) is -0.639. The lowest BCUT2D eigenvalue weighted by atomic mass is 10.0. The summed E-state index contributed by atoms with van der Waals surface area (Å²) in [5, 5.41) is 0. The quantitative estimate of drug-likeness (QED) is 0.819. The lowest BCUT2D eigenvalue weighted by Crippen LogP contribution is -2.11. The zero-order chi connectivity index (χ0) is 13.1. The molecule has 0 spiro atoms. The molecule has 17 heavy (non-hydrogen) atoms. The molecule has 0 radical (unpaired) electrons. The summed E-state index contributed by atoms with van der Waals surface area (Å²) < 4.78 is 50.1. The minimum atomic E-state index is -4.43. The molecule has 6 heteroatoms. The number of primary amides is 1. The molecule has 1 amide bonds. The van der Waals surface area contributed by atoms with Crippen molar-refractivity contribution in [2.24, 2.45) is 5.73 Å². The molecule has 0 aliphatic rings. The van der Waals surface area contributed by atoms with Gasteiger partial charge in [-0.2, -0.15) is 13.2 Å². The van der Waals surface area contributed by atoms with Crippen LogP contribution in [0.1, 0.15) is 30.1 Å². The number of rotatable bonds is 4. The maximum absolute atomic E-state index is 13.4. The first kappa shape index (κ1) is 13.5. The fourth-order valence-corrected chi connectivity index (χ4v) is 1.32. The predicted molar refractivity (Wildman–Crippen MR) is 53.7 cm³/mol. The molecule has 0 bridgehead atoms. The Morgan fingerprint density at radius 1 is 1.24 bits per heavy atom. The molecule has 2 N–H and O–H groups in total. The maximum atomic E-state index is 13.4. The molecule has 1 aromatic rings. The van der Waals surface area contributed by atoms with Gasteiger partial charge < -0.3 is 5.73 Å². The van der Waals surface area contributed by atoms with Crippen LogP contribution in [0, 0.1) is 0 Å². The third kappa shape index (κ3) is 4.05. The van der Waals surface area contributed by atoms with Crippen molar-refractivity contribution in [1.82, 2.24) is 0 Å². The van der Waals surface area contributed by atoms with E-state index >= 15 is 0 Å². The van der Waals surface area contributed by atoms with E-state index in [1.165, 1.54) is 0 Å². The maximum Gasteiger partial charge on any atom is 0.416 e. The summed E-state index contributed by atoms with van der Waals surface area (Å²) in [6.45, 7) is 0. The van der Waals surface area contributed by atoms with Crippen molar-refractivity contribution in [1.29, 1.82) is 0 Å². The van der Waals surface area contributed by atoms with Crippen LogP contribution in [0.5, 0.6) is 0 Å². The Hall–Kier alpha value is -1.59. The lowest BCUT2D eigenvalue weighted by Gasteiger charge is -2.10. The van der Waals surface area contributed by atoms with Crippen LogP contribution in [-0.2, 0) is 11.0 Å². The monoisotopic (exact) mass is 249 g/mol. The van der Waals surface area contributed by atoms with Crippen molar-refractivity contribution in [3.63, 3.8) is 0 Å². The zero-order valence-electron chi connectivity index (χ0n) is 8.80. The first-order valence-electron chi connectivity index (χ1n) is 4.90. The van der Waals surface area contributed by atoms with Crippen molar-refractivity contribution in [2.75, 3.05) is 0 Å². The van der Waals surface area contributed by atoms with Gasteiger partial charge in [-0.25, -0.2) is 4.39 Å². The SMILES string of the molecule is NC(=O)CCC(F)c1ccc(C(F)(F)F)cc1. The average molecular weight is 249 g/mol. The van der Waals surface area contributed by atoms with Crippen molar-refractivity contribution in [3.8, 4) is 0 Å². The first-order chi connectivity index (χ1) is 7.80. The summed E-state index contributed by atoms with van der Waals surface area (Å²) in [7, 11) is 0. The van der Waals surface area contributed by atoms with Gasteiger partial charge in [0, 0.05) is 6.42 Å². The summed E-state index contributed by atoms with van der Waals surface area (Å²) in [5.41, 5.74) is 4.13. The smallest absolute Gasteiger partial charge is 0.370 e. The van der Waals surface area contributed by atoms with Gasteiger partial charge in [0.05, 0.1) is 5.56 Å². The Morgan fingerprint density at radius 3 is 2.18 bits per heavy atom. The largest absolute Gasteiger partial charge is 0.416 e. The topological polar surface area (TPSA) is 43.1 Å². The van der Waals surface area contributed by atoms with Gasteiger partial charge in [0.1, 0.15) is 6.17 Å². The van der Waals surface area contributed by atoms with E-state index in [4.69, 9.17) is 5.73 Å². The normalized spacial score (nSPS) is 13.4. The molecule has 1 aromatic carbocycles. The molecule has 1 rings (SSSR count). The molecule has 0 heterocycles. The van der Waals surface area contributed by atoms with E-state index in [1.54, 1.807) is 0 Å². The second-order valence-electron chi connectivity index (χ2n) is 3.59. The number of carbonyl (C=O) groups excluding carboxylic acids is 1. The van der Waals surface area contributed by atoms with Gasteiger partial charge in [-0.3, -0.25) is 4.79 Å². The standard InChI is InChI=1S/C11H11F4NO/c12-9(5-6-10(16)17)7-1-3-8(4-2-7)11(13,14)15/h1-4,9H,5-6H2,(H2,16,17). The Morgan fingerprint density at radius 2 is 1.76 bits per heavy atom. The molecule has 0 aromatic heterocycles. The molecule has 0 aliphatic heterocycles. The van der Waals surface area contributed by atoms with E-state index in [0.29, 0.717) is 0 Å². The summed E-state index contributed by atoms with van der Waals surface area (Å²) >= 11 is 0.